The van der Waals surface area contributed by atoms with Crippen molar-refractivity contribution in [2.75, 3.05) is 33.0 Å². The molecule has 1 fully saturated rings. The summed E-state index contributed by atoms with van der Waals surface area (Å²) >= 11 is 0. The van der Waals surface area contributed by atoms with Crippen LogP contribution >= 0.6 is 0 Å². The first-order valence-electron chi connectivity index (χ1n) is 5.93. The molecule has 0 radical (unpaired) electrons. The molecule has 0 bridgehead atoms. The van der Waals surface area contributed by atoms with Crippen LogP contribution in [0.5, 0.6) is 5.75 Å². The normalized spacial score (nSPS) is 18.7. The Morgan fingerprint density at radius 2 is 2.28 bits per heavy atom. The van der Waals surface area contributed by atoms with Crippen molar-refractivity contribution < 1.29 is 14.3 Å². The minimum Gasteiger partial charge on any atom is -0.486 e. The van der Waals surface area contributed by atoms with E-state index in [1.54, 1.807) is 32.3 Å². The van der Waals surface area contributed by atoms with Crippen LogP contribution in [-0.4, -0.2) is 44.2 Å². The van der Waals surface area contributed by atoms with E-state index >= 15 is 0 Å². The molecule has 1 amide bonds. The van der Waals surface area contributed by atoms with Gasteiger partial charge in [0, 0.05) is 26.1 Å². The number of amides is 1. The molecule has 2 rings (SSSR count). The highest BCUT2D eigenvalue weighted by Gasteiger charge is 2.19. The van der Waals surface area contributed by atoms with Gasteiger partial charge in [0.05, 0.1) is 18.9 Å². The number of anilines is 1. The third kappa shape index (κ3) is 2.73. The van der Waals surface area contributed by atoms with Gasteiger partial charge in [-0.3, -0.25) is 4.79 Å². The Morgan fingerprint density at radius 3 is 2.89 bits per heavy atom. The zero-order chi connectivity index (χ0) is 13.1. The molecule has 1 aromatic carbocycles. The molecule has 0 saturated carbocycles. The molecule has 5 heteroatoms. The van der Waals surface area contributed by atoms with E-state index in [0.29, 0.717) is 30.2 Å². The molecule has 1 aliphatic heterocycles. The summed E-state index contributed by atoms with van der Waals surface area (Å²) in [4.78, 5) is 13.4. The van der Waals surface area contributed by atoms with E-state index in [0.717, 1.165) is 6.42 Å². The molecule has 18 heavy (non-hydrogen) atoms. The number of nitrogens with zero attached hydrogens (tertiary/aromatic N) is 1. The molecule has 0 aromatic heterocycles. The number of ether oxygens (including phenoxy) is 2. The zero-order valence-corrected chi connectivity index (χ0v) is 10.7. The second kappa shape index (κ2) is 5.27. The van der Waals surface area contributed by atoms with Gasteiger partial charge in [0.1, 0.15) is 11.9 Å². The van der Waals surface area contributed by atoms with Gasteiger partial charge >= 0.3 is 0 Å². The largest absolute Gasteiger partial charge is 0.486 e. The van der Waals surface area contributed by atoms with E-state index in [9.17, 15) is 4.79 Å². The van der Waals surface area contributed by atoms with Crippen molar-refractivity contribution in [2.24, 2.45) is 0 Å². The highest BCUT2D eigenvalue weighted by atomic mass is 16.5. The van der Waals surface area contributed by atoms with Crippen molar-refractivity contribution in [3.05, 3.63) is 23.8 Å². The lowest BCUT2D eigenvalue weighted by atomic mass is 10.1. The smallest absolute Gasteiger partial charge is 0.253 e. The molecule has 0 spiro atoms. The number of carbonyl (C=O) groups is 1. The zero-order valence-electron chi connectivity index (χ0n) is 10.7. The van der Waals surface area contributed by atoms with Crippen LogP contribution in [-0.2, 0) is 4.74 Å². The van der Waals surface area contributed by atoms with Gasteiger partial charge in [0.2, 0.25) is 0 Å². The van der Waals surface area contributed by atoms with Gasteiger partial charge in [-0.25, -0.2) is 0 Å². The summed E-state index contributed by atoms with van der Waals surface area (Å²) in [5, 5.41) is 0. The average Bonchev–Trinajstić information content (AvgIpc) is 2.84. The van der Waals surface area contributed by atoms with Gasteiger partial charge in [-0.2, -0.15) is 0 Å². The Hall–Kier alpha value is -1.75. The highest BCUT2D eigenvalue weighted by molar-refractivity contribution is 5.94. The predicted octanol–water partition coefficient (Wildman–Crippen LogP) is 1.14. The van der Waals surface area contributed by atoms with Gasteiger partial charge in [-0.1, -0.05) is 0 Å². The summed E-state index contributed by atoms with van der Waals surface area (Å²) in [6, 6.07) is 5.09. The number of benzene rings is 1. The number of hydrogen-bond donors (Lipinski definition) is 1. The van der Waals surface area contributed by atoms with Gasteiger partial charge in [0.25, 0.3) is 5.91 Å². The Kier molecular flexibility index (Phi) is 3.72. The summed E-state index contributed by atoms with van der Waals surface area (Å²) in [5.41, 5.74) is 6.96. The molecular weight excluding hydrogens is 232 g/mol. The number of rotatable bonds is 3. The molecule has 98 valence electrons. The van der Waals surface area contributed by atoms with Gasteiger partial charge in [0.15, 0.2) is 0 Å². The molecule has 1 unspecified atom stereocenters. The lowest BCUT2D eigenvalue weighted by Crippen LogP contribution is -2.22. The van der Waals surface area contributed by atoms with E-state index in [1.165, 1.54) is 4.90 Å². The maximum atomic E-state index is 11.9. The third-order valence-electron chi connectivity index (χ3n) is 2.85. The lowest BCUT2D eigenvalue weighted by molar-refractivity contribution is 0.0826. The molecule has 5 nitrogen and oxygen atoms in total. The quantitative estimate of drug-likeness (QED) is 0.817. The minimum atomic E-state index is -0.0671. The third-order valence-corrected chi connectivity index (χ3v) is 2.85. The number of nitrogen functional groups attached to an aromatic ring is 1. The Morgan fingerprint density at radius 1 is 1.50 bits per heavy atom. The fraction of sp³-hybridized carbons (Fsp3) is 0.462. The van der Waals surface area contributed by atoms with Crippen LogP contribution in [0.1, 0.15) is 16.8 Å². The van der Waals surface area contributed by atoms with Crippen molar-refractivity contribution >= 4 is 11.6 Å². The van der Waals surface area contributed by atoms with Gasteiger partial charge in [-0.05, 0) is 18.2 Å². The topological polar surface area (TPSA) is 64.8 Å². The first kappa shape index (κ1) is 12.7. The minimum absolute atomic E-state index is 0.0250. The SMILES string of the molecule is CN(C)C(=O)c1ccc(N)c(OC2CCOC2)c1. The summed E-state index contributed by atoms with van der Waals surface area (Å²) in [5.74, 6) is 0.487. The molecule has 1 aromatic rings. The summed E-state index contributed by atoms with van der Waals surface area (Å²) in [7, 11) is 3.42. The Labute approximate surface area is 106 Å². The van der Waals surface area contributed by atoms with Crippen molar-refractivity contribution in [1.82, 2.24) is 4.90 Å². The number of hydrogen-bond acceptors (Lipinski definition) is 4. The van der Waals surface area contributed by atoms with E-state index in [-0.39, 0.29) is 12.0 Å². The first-order valence-corrected chi connectivity index (χ1v) is 5.93. The van der Waals surface area contributed by atoms with Crippen LogP contribution in [0.25, 0.3) is 0 Å². The molecule has 1 heterocycles. The second-order valence-corrected chi connectivity index (χ2v) is 4.56. The molecular formula is C13H18N2O3. The summed E-state index contributed by atoms with van der Waals surface area (Å²) < 4.78 is 11.0. The Bertz CT molecular complexity index is 440. The van der Waals surface area contributed by atoms with E-state index in [2.05, 4.69) is 0 Å². The number of nitrogens with two attached hydrogens (primary N) is 1. The van der Waals surface area contributed by atoms with Gasteiger partial charge < -0.3 is 20.1 Å². The van der Waals surface area contributed by atoms with Crippen LogP contribution in [0, 0.1) is 0 Å². The average molecular weight is 250 g/mol. The van der Waals surface area contributed by atoms with Crippen molar-refractivity contribution in [1.29, 1.82) is 0 Å². The summed E-state index contributed by atoms with van der Waals surface area (Å²) in [6.45, 7) is 1.28. The highest BCUT2D eigenvalue weighted by Crippen LogP contribution is 2.26. The van der Waals surface area contributed by atoms with Crippen LogP contribution in [0.2, 0.25) is 0 Å². The first-order chi connectivity index (χ1) is 8.58. The lowest BCUT2D eigenvalue weighted by Gasteiger charge is -2.16. The van der Waals surface area contributed by atoms with Crippen LogP contribution in [0.15, 0.2) is 18.2 Å². The van der Waals surface area contributed by atoms with E-state index in [4.69, 9.17) is 15.2 Å². The van der Waals surface area contributed by atoms with E-state index < -0.39 is 0 Å². The monoisotopic (exact) mass is 250 g/mol. The van der Waals surface area contributed by atoms with Crippen LogP contribution in [0.3, 0.4) is 0 Å². The molecule has 1 saturated heterocycles. The second-order valence-electron chi connectivity index (χ2n) is 4.56. The Balaban J connectivity index is 2.18. The predicted molar refractivity (Wildman–Crippen MR) is 68.7 cm³/mol. The fourth-order valence-corrected chi connectivity index (χ4v) is 1.81. The molecule has 1 atom stereocenters. The fourth-order valence-electron chi connectivity index (χ4n) is 1.81. The van der Waals surface area contributed by atoms with Crippen LogP contribution in [0.4, 0.5) is 5.69 Å². The van der Waals surface area contributed by atoms with Crippen molar-refractivity contribution in [3.63, 3.8) is 0 Å². The van der Waals surface area contributed by atoms with E-state index in [1.807, 2.05) is 0 Å². The number of carbonyl (C=O) groups excluding carboxylic acids is 1. The maximum Gasteiger partial charge on any atom is 0.253 e. The van der Waals surface area contributed by atoms with Crippen molar-refractivity contribution in [3.8, 4) is 5.75 Å². The molecule has 0 aliphatic carbocycles. The molecule has 2 N–H and O–H groups in total. The molecule has 1 aliphatic rings. The maximum absolute atomic E-state index is 11.9. The standard InChI is InChI=1S/C13H18N2O3/c1-15(2)13(16)9-3-4-11(14)12(7-9)18-10-5-6-17-8-10/h3-4,7,10H,5-6,8,14H2,1-2H3. The van der Waals surface area contributed by atoms with Gasteiger partial charge in [-0.15, -0.1) is 0 Å². The van der Waals surface area contributed by atoms with Crippen LogP contribution < -0.4 is 10.5 Å². The summed E-state index contributed by atoms with van der Waals surface area (Å²) in [6.07, 6.45) is 0.877. The van der Waals surface area contributed by atoms with Crippen molar-refractivity contribution in [2.45, 2.75) is 12.5 Å².